The van der Waals surface area contributed by atoms with Crippen LogP contribution in [0.15, 0.2) is 18.5 Å². The van der Waals surface area contributed by atoms with Gasteiger partial charge in [-0.05, 0) is 64.7 Å². The van der Waals surface area contributed by atoms with Gasteiger partial charge in [0.25, 0.3) is 0 Å². The van der Waals surface area contributed by atoms with E-state index in [0.29, 0.717) is 18.4 Å². The first-order valence-corrected chi connectivity index (χ1v) is 12.5. The van der Waals surface area contributed by atoms with Crippen LogP contribution in [0.1, 0.15) is 38.5 Å². The van der Waals surface area contributed by atoms with Gasteiger partial charge in [0.1, 0.15) is 6.04 Å². The Kier molecular flexibility index (Phi) is 6.25. The smallest absolute Gasteiger partial charge is 0.245 e. The number of fused-ring (bicyclic) bond motifs is 4. The van der Waals surface area contributed by atoms with Crippen molar-refractivity contribution >= 4 is 11.8 Å². The van der Waals surface area contributed by atoms with Crippen molar-refractivity contribution < 1.29 is 9.59 Å². The summed E-state index contributed by atoms with van der Waals surface area (Å²) in [5, 5.41) is 4.32. The summed E-state index contributed by atoms with van der Waals surface area (Å²) in [6.45, 7) is 5.54. The highest BCUT2D eigenvalue weighted by atomic mass is 16.2. The molecular weight excluding hydrogens is 404 g/mol. The molecule has 8 nitrogen and oxygen atoms in total. The third-order valence-electron chi connectivity index (χ3n) is 8.30. The monoisotopic (exact) mass is 442 g/mol. The lowest BCUT2D eigenvalue weighted by Gasteiger charge is -2.56. The number of aryl methyl sites for hydroxylation is 1. The second kappa shape index (κ2) is 9.14. The van der Waals surface area contributed by atoms with E-state index in [1.807, 2.05) is 28.0 Å². The molecule has 0 saturated carbocycles. The summed E-state index contributed by atoms with van der Waals surface area (Å²) in [5.41, 5.74) is 0. The number of likely N-dealkylation sites (N-methyl/N-ethyl adjacent to an activating group) is 1. The average Bonchev–Trinajstić information content (AvgIpc) is 3.47. The van der Waals surface area contributed by atoms with Crippen LogP contribution in [-0.4, -0.2) is 106 Å². The van der Waals surface area contributed by atoms with Crippen LogP contribution in [0.5, 0.6) is 0 Å². The van der Waals surface area contributed by atoms with Gasteiger partial charge < -0.3 is 19.6 Å². The molecule has 176 valence electrons. The van der Waals surface area contributed by atoms with Gasteiger partial charge in [-0.3, -0.25) is 14.3 Å². The number of rotatable bonds is 6. The van der Waals surface area contributed by atoms with Crippen LogP contribution >= 0.6 is 0 Å². The molecule has 4 aliphatic heterocycles. The van der Waals surface area contributed by atoms with Gasteiger partial charge in [-0.2, -0.15) is 5.10 Å². The molecule has 4 saturated heterocycles. The van der Waals surface area contributed by atoms with Gasteiger partial charge in [-0.15, -0.1) is 0 Å². The van der Waals surface area contributed by atoms with Crippen LogP contribution in [0.4, 0.5) is 0 Å². The van der Waals surface area contributed by atoms with Crippen LogP contribution in [0.25, 0.3) is 0 Å². The fraction of sp³-hybridized carbons (Fsp3) is 0.792. The van der Waals surface area contributed by atoms with Crippen molar-refractivity contribution in [1.82, 2.24) is 29.4 Å². The van der Waals surface area contributed by atoms with Crippen molar-refractivity contribution in [2.24, 2.45) is 11.8 Å². The Morgan fingerprint density at radius 2 is 2.00 bits per heavy atom. The molecule has 4 aliphatic rings. The molecule has 1 aromatic rings. The number of amides is 2. The van der Waals surface area contributed by atoms with E-state index in [1.165, 1.54) is 0 Å². The number of piperidine rings is 3. The van der Waals surface area contributed by atoms with Crippen molar-refractivity contribution in [3.63, 3.8) is 0 Å². The Morgan fingerprint density at radius 1 is 1.16 bits per heavy atom. The van der Waals surface area contributed by atoms with Gasteiger partial charge in [0.2, 0.25) is 11.8 Å². The third-order valence-corrected chi connectivity index (χ3v) is 8.30. The SMILES string of the molecule is CN(C)[C@H]1CCN(C(=O)[C@H]2[C@H]3C[C@H](CN(CCCn4cccn4)C3)[C@@H]3CCCC(=O)N32)C1. The summed E-state index contributed by atoms with van der Waals surface area (Å²) >= 11 is 0. The molecule has 5 heterocycles. The molecule has 0 spiro atoms. The number of nitrogens with zero attached hydrogens (tertiary/aromatic N) is 6. The number of hydrogen-bond donors (Lipinski definition) is 0. The minimum absolute atomic E-state index is 0.205. The maximum Gasteiger partial charge on any atom is 0.245 e. The van der Waals surface area contributed by atoms with Crippen LogP contribution in [0, 0.1) is 11.8 Å². The normalized spacial score (nSPS) is 33.1. The van der Waals surface area contributed by atoms with E-state index in [-0.39, 0.29) is 29.8 Å². The zero-order valence-corrected chi connectivity index (χ0v) is 19.6. The van der Waals surface area contributed by atoms with Crippen LogP contribution in [0.3, 0.4) is 0 Å². The number of hydrogen-bond acceptors (Lipinski definition) is 5. The van der Waals surface area contributed by atoms with Gasteiger partial charge >= 0.3 is 0 Å². The van der Waals surface area contributed by atoms with Crippen molar-refractivity contribution in [1.29, 1.82) is 0 Å². The van der Waals surface area contributed by atoms with Gasteiger partial charge in [0, 0.05) is 69.5 Å². The predicted molar refractivity (Wildman–Crippen MR) is 122 cm³/mol. The Labute approximate surface area is 191 Å². The Bertz CT molecular complexity index is 811. The van der Waals surface area contributed by atoms with Gasteiger partial charge in [-0.25, -0.2) is 0 Å². The lowest BCUT2D eigenvalue weighted by atomic mass is 9.71. The molecule has 5 atom stereocenters. The van der Waals surface area contributed by atoms with Crippen molar-refractivity contribution in [3.05, 3.63) is 18.5 Å². The number of carbonyl (C=O) groups excluding carboxylic acids is 2. The maximum atomic E-state index is 13.8. The van der Waals surface area contributed by atoms with Crippen LogP contribution in [-0.2, 0) is 16.1 Å². The van der Waals surface area contributed by atoms with Crippen LogP contribution < -0.4 is 0 Å². The van der Waals surface area contributed by atoms with Crippen LogP contribution in [0.2, 0.25) is 0 Å². The number of aromatic nitrogens is 2. The molecule has 2 amide bonds. The third kappa shape index (κ3) is 4.19. The quantitative estimate of drug-likeness (QED) is 0.661. The van der Waals surface area contributed by atoms with Gasteiger partial charge in [0.15, 0.2) is 0 Å². The van der Waals surface area contributed by atoms with E-state index in [1.54, 1.807) is 0 Å². The molecule has 0 aromatic carbocycles. The lowest BCUT2D eigenvalue weighted by Crippen LogP contribution is -2.68. The summed E-state index contributed by atoms with van der Waals surface area (Å²) in [5.74, 6) is 1.17. The Morgan fingerprint density at radius 3 is 2.75 bits per heavy atom. The summed E-state index contributed by atoms with van der Waals surface area (Å²) < 4.78 is 1.99. The van der Waals surface area contributed by atoms with E-state index >= 15 is 0 Å². The highest BCUT2D eigenvalue weighted by Gasteiger charge is 2.53. The predicted octanol–water partition coefficient (Wildman–Crippen LogP) is 1.14. The summed E-state index contributed by atoms with van der Waals surface area (Å²) in [7, 11) is 4.19. The highest BCUT2D eigenvalue weighted by molar-refractivity contribution is 5.89. The molecule has 1 aromatic heterocycles. The van der Waals surface area contributed by atoms with E-state index in [0.717, 1.165) is 71.4 Å². The zero-order valence-electron chi connectivity index (χ0n) is 19.6. The summed E-state index contributed by atoms with van der Waals surface area (Å²) in [4.78, 5) is 35.8. The van der Waals surface area contributed by atoms with E-state index in [9.17, 15) is 9.59 Å². The van der Waals surface area contributed by atoms with Gasteiger partial charge in [0.05, 0.1) is 0 Å². The van der Waals surface area contributed by atoms with E-state index < -0.39 is 0 Å². The molecule has 4 fully saturated rings. The molecular formula is C24H38N6O2. The maximum absolute atomic E-state index is 13.8. The largest absolute Gasteiger partial charge is 0.339 e. The molecule has 0 aliphatic carbocycles. The summed E-state index contributed by atoms with van der Waals surface area (Å²) in [6.07, 6.45) is 9.64. The fourth-order valence-electron chi connectivity index (χ4n) is 6.69. The fourth-order valence-corrected chi connectivity index (χ4v) is 6.69. The number of carbonyl (C=O) groups is 2. The zero-order chi connectivity index (χ0) is 22.2. The average molecular weight is 443 g/mol. The van der Waals surface area contributed by atoms with Crippen molar-refractivity contribution in [3.8, 4) is 0 Å². The first-order valence-electron chi connectivity index (χ1n) is 12.5. The van der Waals surface area contributed by atoms with Crippen molar-refractivity contribution in [2.45, 2.75) is 63.2 Å². The molecule has 32 heavy (non-hydrogen) atoms. The standard InChI is InChI=1S/C24H38N6O2/c1-26(2)20-8-13-28(17-20)24(32)23-19-14-18(21-6-3-7-22(31)30(21)23)15-27(16-19)10-5-12-29-11-4-9-25-29/h4,9,11,18-21,23H,3,5-8,10,12-17H2,1-2H3/t18-,19+,20+,21+,23-/m1/s1. The number of likely N-dealkylation sites (tertiary alicyclic amines) is 2. The molecule has 5 rings (SSSR count). The molecule has 2 bridgehead atoms. The first-order chi connectivity index (χ1) is 15.5. The second-order valence-corrected chi connectivity index (χ2v) is 10.5. The van der Waals surface area contributed by atoms with Gasteiger partial charge in [-0.1, -0.05) is 0 Å². The van der Waals surface area contributed by atoms with E-state index in [2.05, 4.69) is 33.9 Å². The minimum Gasteiger partial charge on any atom is -0.339 e. The molecule has 0 unspecified atom stereocenters. The molecule has 0 radical (unpaired) electrons. The molecule has 0 N–H and O–H groups in total. The van der Waals surface area contributed by atoms with E-state index in [4.69, 9.17) is 0 Å². The Hall–Kier alpha value is -1.93. The molecule has 8 heteroatoms. The second-order valence-electron chi connectivity index (χ2n) is 10.5. The lowest BCUT2D eigenvalue weighted by molar-refractivity contribution is -0.164. The topological polar surface area (TPSA) is 64.9 Å². The highest BCUT2D eigenvalue weighted by Crippen LogP contribution is 2.42. The minimum atomic E-state index is -0.265. The Balaban J connectivity index is 1.31. The first kappa shape index (κ1) is 21.9. The van der Waals surface area contributed by atoms with Crippen molar-refractivity contribution in [2.75, 3.05) is 46.8 Å². The summed E-state index contributed by atoms with van der Waals surface area (Å²) in [6, 6.07) is 2.37.